The number of carbonyl (C=O) groups excluding carboxylic acids is 2. The van der Waals surface area contributed by atoms with Gasteiger partial charge in [0.25, 0.3) is 0 Å². The summed E-state index contributed by atoms with van der Waals surface area (Å²) in [6.45, 7) is 2.83. The zero-order chi connectivity index (χ0) is 21.0. The fourth-order valence-electron chi connectivity index (χ4n) is 2.79. The van der Waals surface area contributed by atoms with E-state index in [4.69, 9.17) is 0 Å². The first-order chi connectivity index (χ1) is 13.7. The lowest BCUT2D eigenvalue weighted by molar-refractivity contribution is -0.117. The molecule has 3 aromatic rings. The van der Waals surface area contributed by atoms with Gasteiger partial charge in [-0.3, -0.25) is 9.59 Å². The number of sulfonamides is 1. The van der Waals surface area contributed by atoms with Gasteiger partial charge in [0, 0.05) is 18.3 Å². The van der Waals surface area contributed by atoms with Gasteiger partial charge in [-0.05, 0) is 54.1 Å². The Labute approximate surface area is 169 Å². The van der Waals surface area contributed by atoms with Gasteiger partial charge in [0.1, 0.15) is 0 Å². The summed E-state index contributed by atoms with van der Waals surface area (Å²) in [5, 5.41) is 7.30. The lowest BCUT2D eigenvalue weighted by Crippen LogP contribution is -2.41. The first-order valence-corrected chi connectivity index (χ1v) is 10.4. The average molecular weight is 411 g/mol. The molecule has 1 unspecified atom stereocenters. The predicted octanol–water partition coefficient (Wildman–Crippen LogP) is 3.10. The summed E-state index contributed by atoms with van der Waals surface area (Å²) in [6, 6.07) is 17.9. The lowest BCUT2D eigenvalue weighted by Gasteiger charge is -2.15. The van der Waals surface area contributed by atoms with Crippen LogP contribution in [0.25, 0.3) is 10.8 Å². The maximum Gasteiger partial charge on any atom is 0.242 e. The number of carbonyl (C=O) groups is 2. The zero-order valence-electron chi connectivity index (χ0n) is 16.0. The van der Waals surface area contributed by atoms with E-state index in [2.05, 4.69) is 15.4 Å². The highest BCUT2D eigenvalue weighted by molar-refractivity contribution is 7.89. The molecule has 2 amide bonds. The molecule has 0 saturated heterocycles. The van der Waals surface area contributed by atoms with Crippen LogP contribution in [0.3, 0.4) is 0 Å². The van der Waals surface area contributed by atoms with Crippen molar-refractivity contribution in [2.45, 2.75) is 24.8 Å². The van der Waals surface area contributed by atoms with E-state index in [-0.39, 0.29) is 10.8 Å². The summed E-state index contributed by atoms with van der Waals surface area (Å²) in [6.07, 6.45) is 0. The number of hydrogen-bond donors (Lipinski definition) is 3. The summed E-state index contributed by atoms with van der Waals surface area (Å²) in [7, 11) is -3.90. The van der Waals surface area contributed by atoms with E-state index in [0.29, 0.717) is 11.4 Å². The van der Waals surface area contributed by atoms with Crippen molar-refractivity contribution in [3.8, 4) is 0 Å². The lowest BCUT2D eigenvalue weighted by atomic mass is 10.1. The maximum atomic E-state index is 12.5. The van der Waals surface area contributed by atoms with Gasteiger partial charge in [0.2, 0.25) is 21.8 Å². The Kier molecular flexibility index (Phi) is 5.95. The Hall–Kier alpha value is -3.23. The van der Waals surface area contributed by atoms with Gasteiger partial charge in [0.05, 0.1) is 10.9 Å². The first kappa shape index (κ1) is 20.5. The Morgan fingerprint density at radius 3 is 2.10 bits per heavy atom. The molecule has 150 valence electrons. The van der Waals surface area contributed by atoms with Crippen LogP contribution in [0.4, 0.5) is 11.4 Å². The van der Waals surface area contributed by atoms with Crippen molar-refractivity contribution in [1.29, 1.82) is 0 Å². The van der Waals surface area contributed by atoms with Crippen LogP contribution in [0.1, 0.15) is 13.8 Å². The van der Waals surface area contributed by atoms with Gasteiger partial charge in [-0.2, -0.15) is 4.72 Å². The third-order valence-corrected chi connectivity index (χ3v) is 5.78. The molecule has 0 aliphatic heterocycles. The molecule has 0 bridgehead atoms. The molecule has 0 heterocycles. The van der Waals surface area contributed by atoms with Crippen LogP contribution in [0.5, 0.6) is 0 Å². The van der Waals surface area contributed by atoms with Gasteiger partial charge in [0.15, 0.2) is 0 Å². The molecule has 0 radical (unpaired) electrons. The minimum atomic E-state index is -3.90. The molecule has 8 heteroatoms. The standard InChI is InChI=1S/C21H21N3O4S/c1-14(21(26)23-19-8-7-16-5-3-4-6-17(16)13-19)24-29(27,28)20-11-9-18(10-12-20)22-15(2)25/h3-14,24H,1-2H3,(H,22,25)(H,23,26). The van der Waals surface area contributed by atoms with Crippen molar-refractivity contribution in [1.82, 2.24) is 4.72 Å². The van der Waals surface area contributed by atoms with Crippen LogP contribution in [0.15, 0.2) is 71.6 Å². The minimum absolute atomic E-state index is 0.00282. The minimum Gasteiger partial charge on any atom is -0.326 e. The molecule has 3 aromatic carbocycles. The van der Waals surface area contributed by atoms with Crippen molar-refractivity contribution >= 4 is 44.0 Å². The quantitative estimate of drug-likeness (QED) is 0.580. The molecule has 0 saturated carbocycles. The van der Waals surface area contributed by atoms with E-state index in [1.807, 2.05) is 36.4 Å². The summed E-state index contributed by atoms with van der Waals surface area (Å²) < 4.78 is 27.4. The Balaban J connectivity index is 1.67. The topological polar surface area (TPSA) is 104 Å². The highest BCUT2D eigenvalue weighted by Gasteiger charge is 2.22. The number of benzene rings is 3. The third-order valence-electron chi connectivity index (χ3n) is 4.23. The number of nitrogens with one attached hydrogen (secondary N) is 3. The SMILES string of the molecule is CC(=O)Nc1ccc(S(=O)(=O)NC(C)C(=O)Nc2ccc3ccccc3c2)cc1. The van der Waals surface area contributed by atoms with Gasteiger partial charge < -0.3 is 10.6 Å². The molecular weight excluding hydrogens is 390 g/mol. The van der Waals surface area contributed by atoms with Crippen LogP contribution >= 0.6 is 0 Å². The van der Waals surface area contributed by atoms with Crippen molar-refractivity contribution in [3.05, 3.63) is 66.7 Å². The van der Waals surface area contributed by atoms with E-state index in [1.165, 1.54) is 38.1 Å². The average Bonchev–Trinajstić information content (AvgIpc) is 2.67. The van der Waals surface area contributed by atoms with E-state index in [0.717, 1.165) is 10.8 Å². The Morgan fingerprint density at radius 2 is 1.45 bits per heavy atom. The van der Waals surface area contributed by atoms with Gasteiger partial charge in [-0.1, -0.05) is 30.3 Å². The fraction of sp³-hybridized carbons (Fsp3) is 0.143. The van der Waals surface area contributed by atoms with E-state index in [1.54, 1.807) is 6.07 Å². The summed E-state index contributed by atoms with van der Waals surface area (Å²) in [4.78, 5) is 23.5. The second-order valence-corrected chi connectivity index (χ2v) is 8.31. The summed E-state index contributed by atoms with van der Waals surface area (Å²) in [5.74, 6) is -0.726. The molecule has 0 aliphatic carbocycles. The molecule has 1 atom stereocenters. The molecule has 3 rings (SSSR count). The second kappa shape index (κ2) is 8.42. The predicted molar refractivity (Wildman–Crippen MR) is 113 cm³/mol. The third kappa shape index (κ3) is 5.18. The highest BCUT2D eigenvalue weighted by Crippen LogP contribution is 2.19. The molecule has 0 spiro atoms. The molecule has 0 aliphatic rings. The number of hydrogen-bond acceptors (Lipinski definition) is 4. The smallest absolute Gasteiger partial charge is 0.242 e. The largest absolute Gasteiger partial charge is 0.326 e. The van der Waals surface area contributed by atoms with E-state index in [9.17, 15) is 18.0 Å². The Bertz CT molecular complexity index is 1160. The van der Waals surface area contributed by atoms with Crippen LogP contribution < -0.4 is 15.4 Å². The number of rotatable bonds is 6. The van der Waals surface area contributed by atoms with Crippen molar-refractivity contribution in [2.75, 3.05) is 10.6 Å². The zero-order valence-corrected chi connectivity index (χ0v) is 16.8. The van der Waals surface area contributed by atoms with Gasteiger partial charge in [-0.25, -0.2) is 8.42 Å². The van der Waals surface area contributed by atoms with E-state index >= 15 is 0 Å². The molecule has 0 fully saturated rings. The normalized spacial score (nSPS) is 12.3. The second-order valence-electron chi connectivity index (χ2n) is 6.60. The first-order valence-electron chi connectivity index (χ1n) is 8.94. The number of anilines is 2. The molecule has 0 aromatic heterocycles. The van der Waals surface area contributed by atoms with Crippen LogP contribution in [0, 0.1) is 0 Å². The van der Waals surface area contributed by atoms with Gasteiger partial charge >= 0.3 is 0 Å². The molecule has 3 N–H and O–H groups in total. The van der Waals surface area contributed by atoms with Crippen LogP contribution in [-0.2, 0) is 19.6 Å². The highest BCUT2D eigenvalue weighted by atomic mass is 32.2. The summed E-state index contributed by atoms with van der Waals surface area (Å²) >= 11 is 0. The number of fused-ring (bicyclic) bond motifs is 1. The van der Waals surface area contributed by atoms with Crippen molar-refractivity contribution in [2.24, 2.45) is 0 Å². The molecule has 29 heavy (non-hydrogen) atoms. The maximum absolute atomic E-state index is 12.5. The van der Waals surface area contributed by atoms with Crippen molar-refractivity contribution < 1.29 is 18.0 Å². The Morgan fingerprint density at radius 1 is 0.828 bits per heavy atom. The molecular formula is C21H21N3O4S. The summed E-state index contributed by atoms with van der Waals surface area (Å²) in [5.41, 5.74) is 1.07. The van der Waals surface area contributed by atoms with Crippen LogP contribution in [-0.4, -0.2) is 26.3 Å². The van der Waals surface area contributed by atoms with Crippen molar-refractivity contribution in [3.63, 3.8) is 0 Å². The van der Waals surface area contributed by atoms with Gasteiger partial charge in [-0.15, -0.1) is 0 Å². The molecule has 7 nitrogen and oxygen atoms in total. The van der Waals surface area contributed by atoms with Crippen LogP contribution in [0.2, 0.25) is 0 Å². The van der Waals surface area contributed by atoms with E-state index < -0.39 is 22.0 Å². The monoisotopic (exact) mass is 411 g/mol. The fourth-order valence-corrected chi connectivity index (χ4v) is 4.00. The number of amides is 2.